The first kappa shape index (κ1) is 20.3. The molecule has 0 spiro atoms. The van der Waals surface area contributed by atoms with E-state index in [1.165, 1.54) is 5.56 Å². The number of hydrogen-bond acceptors (Lipinski definition) is 2. The predicted molar refractivity (Wildman–Crippen MR) is 102 cm³/mol. The van der Waals surface area contributed by atoms with Gasteiger partial charge < -0.3 is 15.6 Å². The van der Waals surface area contributed by atoms with Crippen LogP contribution in [0.3, 0.4) is 0 Å². The summed E-state index contributed by atoms with van der Waals surface area (Å²) < 4.78 is 2.22. The van der Waals surface area contributed by atoms with Crippen LogP contribution in [-0.2, 0) is 0 Å². The zero-order chi connectivity index (χ0) is 17.0. The highest BCUT2D eigenvalue weighted by atomic mass is 35.5. The minimum Gasteiger partial charge on any atom is -0.352 e. The van der Waals surface area contributed by atoms with E-state index in [1.54, 1.807) is 0 Å². The molecule has 0 bridgehead atoms. The molecule has 1 aromatic heterocycles. The van der Waals surface area contributed by atoms with Gasteiger partial charge in [-0.3, -0.25) is 4.79 Å². The van der Waals surface area contributed by atoms with E-state index in [4.69, 9.17) is 5.73 Å². The number of nitrogens with one attached hydrogen (secondary N) is 1. The van der Waals surface area contributed by atoms with Gasteiger partial charge >= 0.3 is 0 Å². The number of halogens is 1. The van der Waals surface area contributed by atoms with Crippen molar-refractivity contribution in [3.8, 4) is 0 Å². The van der Waals surface area contributed by atoms with Gasteiger partial charge in [0, 0.05) is 17.9 Å². The molecule has 2 atom stereocenters. The first-order chi connectivity index (χ1) is 11.0. The van der Waals surface area contributed by atoms with Gasteiger partial charge in [-0.15, -0.1) is 12.4 Å². The second kappa shape index (κ2) is 8.90. The normalized spacial score (nSPS) is 13.0. The van der Waals surface area contributed by atoms with Crippen molar-refractivity contribution in [2.75, 3.05) is 13.1 Å². The van der Waals surface area contributed by atoms with Crippen LogP contribution in [0, 0.1) is 19.8 Å². The van der Waals surface area contributed by atoms with Crippen molar-refractivity contribution in [2.24, 2.45) is 11.7 Å². The van der Waals surface area contributed by atoms with E-state index >= 15 is 0 Å². The van der Waals surface area contributed by atoms with Crippen molar-refractivity contribution in [3.63, 3.8) is 0 Å². The number of benzene rings is 1. The summed E-state index contributed by atoms with van der Waals surface area (Å²) in [5.41, 5.74) is 9.67. The van der Waals surface area contributed by atoms with Crippen LogP contribution in [0.5, 0.6) is 0 Å². The molecule has 3 N–H and O–H groups in total. The van der Waals surface area contributed by atoms with E-state index < -0.39 is 0 Å². The smallest absolute Gasteiger partial charge is 0.253 e. The highest BCUT2D eigenvalue weighted by molar-refractivity contribution is 5.95. The fourth-order valence-corrected chi connectivity index (χ4v) is 2.93. The molecule has 2 rings (SSSR count). The van der Waals surface area contributed by atoms with Crippen LogP contribution in [0.1, 0.15) is 47.2 Å². The maximum Gasteiger partial charge on any atom is 0.253 e. The molecule has 0 saturated carbocycles. The highest BCUT2D eigenvalue weighted by Crippen LogP contribution is 2.25. The number of carbonyl (C=O) groups is 1. The standard InChI is InChI=1S/C19H27N3O.ClH/c1-13(11-20)12-21-19(23)18-10-14(2)22(16(18)4)15(3)17-8-6-5-7-9-17;/h5-10,13,15H,11-12,20H2,1-4H3,(H,21,23);1H. The van der Waals surface area contributed by atoms with Gasteiger partial charge in [-0.2, -0.15) is 0 Å². The van der Waals surface area contributed by atoms with Crippen LogP contribution >= 0.6 is 12.4 Å². The number of aryl methyl sites for hydroxylation is 1. The Morgan fingerprint density at radius 1 is 1.21 bits per heavy atom. The maximum atomic E-state index is 12.4. The summed E-state index contributed by atoms with van der Waals surface area (Å²) in [5, 5.41) is 2.98. The molecule has 5 heteroatoms. The van der Waals surface area contributed by atoms with Gasteiger partial charge in [0.25, 0.3) is 5.91 Å². The number of hydrogen-bond donors (Lipinski definition) is 2. The Bertz CT molecular complexity index is 667. The molecule has 0 aliphatic carbocycles. The van der Waals surface area contributed by atoms with Gasteiger partial charge in [-0.25, -0.2) is 0 Å². The summed E-state index contributed by atoms with van der Waals surface area (Å²) in [5.74, 6) is 0.260. The van der Waals surface area contributed by atoms with Crippen molar-refractivity contribution in [1.29, 1.82) is 0 Å². The number of nitrogens with zero attached hydrogens (tertiary/aromatic N) is 1. The Balaban J connectivity index is 0.00000288. The molecular weight excluding hydrogens is 322 g/mol. The average molecular weight is 350 g/mol. The third kappa shape index (κ3) is 4.40. The van der Waals surface area contributed by atoms with E-state index in [9.17, 15) is 4.79 Å². The van der Waals surface area contributed by atoms with Gasteiger partial charge in [0.2, 0.25) is 0 Å². The van der Waals surface area contributed by atoms with E-state index in [0.717, 1.165) is 17.0 Å². The second-order valence-corrected chi connectivity index (χ2v) is 6.29. The van der Waals surface area contributed by atoms with Crippen molar-refractivity contribution in [1.82, 2.24) is 9.88 Å². The van der Waals surface area contributed by atoms with E-state index in [0.29, 0.717) is 13.1 Å². The van der Waals surface area contributed by atoms with Crippen LogP contribution in [0.25, 0.3) is 0 Å². The molecular formula is C19H28ClN3O. The number of nitrogens with two attached hydrogens (primary N) is 1. The maximum absolute atomic E-state index is 12.4. The summed E-state index contributed by atoms with van der Waals surface area (Å²) in [7, 11) is 0. The minimum atomic E-state index is -0.0232. The predicted octanol–water partition coefficient (Wildman–Crippen LogP) is 3.46. The second-order valence-electron chi connectivity index (χ2n) is 6.29. The molecule has 2 unspecified atom stereocenters. The summed E-state index contributed by atoms with van der Waals surface area (Å²) in [6.45, 7) is 9.42. The molecule has 0 fully saturated rings. The molecule has 0 aliphatic rings. The van der Waals surface area contributed by atoms with Gasteiger partial charge in [-0.1, -0.05) is 37.3 Å². The molecule has 2 aromatic rings. The lowest BCUT2D eigenvalue weighted by atomic mass is 10.1. The third-order valence-corrected chi connectivity index (χ3v) is 4.41. The Kier molecular flexibility index (Phi) is 7.52. The quantitative estimate of drug-likeness (QED) is 0.839. The summed E-state index contributed by atoms with van der Waals surface area (Å²) in [6, 6.07) is 12.5. The minimum absolute atomic E-state index is 0. The van der Waals surface area contributed by atoms with E-state index in [2.05, 4.69) is 28.9 Å². The number of amides is 1. The van der Waals surface area contributed by atoms with Gasteiger partial charge in [-0.05, 0) is 44.9 Å². The Hall–Kier alpha value is -1.78. The van der Waals surface area contributed by atoms with Crippen molar-refractivity contribution in [2.45, 2.75) is 33.7 Å². The molecule has 1 amide bonds. The Morgan fingerprint density at radius 2 is 1.83 bits per heavy atom. The molecule has 132 valence electrons. The van der Waals surface area contributed by atoms with Crippen LogP contribution < -0.4 is 11.1 Å². The third-order valence-electron chi connectivity index (χ3n) is 4.41. The molecule has 4 nitrogen and oxygen atoms in total. The van der Waals surface area contributed by atoms with Crippen LogP contribution in [0.2, 0.25) is 0 Å². The molecule has 0 radical (unpaired) electrons. The van der Waals surface area contributed by atoms with E-state index in [1.807, 2.05) is 45.0 Å². The Morgan fingerprint density at radius 3 is 2.42 bits per heavy atom. The fraction of sp³-hybridized carbons (Fsp3) is 0.421. The lowest BCUT2D eigenvalue weighted by Crippen LogP contribution is -2.31. The summed E-state index contributed by atoms with van der Waals surface area (Å²) in [4.78, 5) is 12.4. The topological polar surface area (TPSA) is 60.1 Å². The van der Waals surface area contributed by atoms with Crippen molar-refractivity contribution >= 4 is 18.3 Å². The average Bonchev–Trinajstić information content (AvgIpc) is 2.87. The zero-order valence-electron chi connectivity index (χ0n) is 14.9. The number of carbonyl (C=O) groups excluding carboxylic acids is 1. The lowest BCUT2D eigenvalue weighted by Gasteiger charge is -2.19. The van der Waals surface area contributed by atoms with Crippen molar-refractivity contribution in [3.05, 3.63) is 58.9 Å². The molecule has 24 heavy (non-hydrogen) atoms. The largest absolute Gasteiger partial charge is 0.352 e. The number of aromatic nitrogens is 1. The van der Waals surface area contributed by atoms with Gasteiger partial charge in [0.1, 0.15) is 0 Å². The first-order valence-electron chi connectivity index (χ1n) is 8.17. The van der Waals surface area contributed by atoms with E-state index in [-0.39, 0.29) is 30.3 Å². The fourth-order valence-electron chi connectivity index (χ4n) is 2.93. The van der Waals surface area contributed by atoms with Crippen LogP contribution in [0.15, 0.2) is 36.4 Å². The highest BCUT2D eigenvalue weighted by Gasteiger charge is 2.19. The number of rotatable bonds is 6. The van der Waals surface area contributed by atoms with Gasteiger partial charge in [0.15, 0.2) is 0 Å². The molecule has 1 heterocycles. The zero-order valence-corrected chi connectivity index (χ0v) is 15.7. The lowest BCUT2D eigenvalue weighted by molar-refractivity contribution is 0.0948. The molecule has 0 saturated heterocycles. The van der Waals surface area contributed by atoms with Crippen LogP contribution in [0.4, 0.5) is 0 Å². The molecule has 1 aromatic carbocycles. The van der Waals surface area contributed by atoms with Gasteiger partial charge in [0.05, 0.1) is 11.6 Å². The Labute approximate surface area is 150 Å². The first-order valence-corrected chi connectivity index (χ1v) is 8.17. The SMILES string of the molecule is Cc1cc(C(=O)NCC(C)CN)c(C)n1C(C)c1ccccc1.Cl. The molecule has 0 aliphatic heterocycles. The van der Waals surface area contributed by atoms with Crippen molar-refractivity contribution < 1.29 is 4.79 Å². The monoisotopic (exact) mass is 349 g/mol. The van der Waals surface area contributed by atoms with Crippen LogP contribution in [-0.4, -0.2) is 23.6 Å². The summed E-state index contributed by atoms with van der Waals surface area (Å²) in [6.07, 6.45) is 0. The summed E-state index contributed by atoms with van der Waals surface area (Å²) >= 11 is 0.